The van der Waals surface area contributed by atoms with Crippen LogP contribution in [-0.2, 0) is 9.53 Å². The second kappa shape index (κ2) is 5.19. The molecule has 1 atom stereocenters. The van der Waals surface area contributed by atoms with Crippen LogP contribution in [-0.4, -0.2) is 33.3 Å². The molecule has 1 saturated heterocycles. The van der Waals surface area contributed by atoms with Gasteiger partial charge in [0, 0.05) is 13.7 Å². The molecule has 1 aliphatic heterocycles. The van der Waals surface area contributed by atoms with Crippen LogP contribution in [0.4, 0.5) is 5.69 Å². The van der Waals surface area contributed by atoms with Crippen molar-refractivity contribution in [2.75, 3.05) is 32.3 Å². The molecule has 0 radical (unpaired) electrons. The quantitative estimate of drug-likeness (QED) is 0.800. The Hall–Kier alpha value is -1.55. The molecule has 1 aliphatic rings. The summed E-state index contributed by atoms with van der Waals surface area (Å²) in [4.78, 5) is 13.9. The summed E-state index contributed by atoms with van der Waals surface area (Å²) in [5.41, 5.74) is 0.798. The number of methoxy groups -OCH3 is 1. The first kappa shape index (κ1) is 11.9. The predicted octanol–water partition coefficient (Wildman–Crippen LogP) is 1.69. The highest BCUT2D eigenvalue weighted by atomic mass is 16.5. The number of ether oxygens (including phenoxy) is 2. The molecule has 0 aromatic heterocycles. The zero-order chi connectivity index (χ0) is 12.3. The smallest absolute Gasteiger partial charge is 0.232 e. The summed E-state index contributed by atoms with van der Waals surface area (Å²) < 4.78 is 10.5. The van der Waals surface area contributed by atoms with Crippen molar-refractivity contribution in [2.24, 2.45) is 5.92 Å². The number of benzene rings is 1. The monoisotopic (exact) mass is 235 g/mol. The molecule has 0 saturated carbocycles. The summed E-state index contributed by atoms with van der Waals surface area (Å²) in [7, 11) is 3.38. The lowest BCUT2D eigenvalue weighted by molar-refractivity contribution is -0.122. The fraction of sp³-hybridized carbons (Fsp3) is 0.462. The summed E-state index contributed by atoms with van der Waals surface area (Å²) in [5.74, 6) is 0.777. The average molecular weight is 235 g/mol. The van der Waals surface area contributed by atoms with Crippen LogP contribution in [0.1, 0.15) is 6.42 Å². The summed E-state index contributed by atoms with van der Waals surface area (Å²) in [5, 5.41) is 0. The number of amides is 1. The van der Waals surface area contributed by atoms with Gasteiger partial charge in [-0.2, -0.15) is 0 Å². The van der Waals surface area contributed by atoms with Crippen LogP contribution >= 0.6 is 0 Å². The third-order valence-electron chi connectivity index (χ3n) is 3.06. The van der Waals surface area contributed by atoms with Gasteiger partial charge in [0.05, 0.1) is 25.3 Å². The molecule has 1 aromatic rings. The molecule has 0 spiro atoms. The SMILES string of the molecule is COc1ccccc1N(C)C(=O)C1CCOC1. The first-order valence-electron chi connectivity index (χ1n) is 5.72. The molecule has 1 aromatic carbocycles. The van der Waals surface area contributed by atoms with Crippen molar-refractivity contribution in [1.29, 1.82) is 0 Å². The lowest BCUT2D eigenvalue weighted by Crippen LogP contribution is -2.33. The molecule has 1 amide bonds. The maximum atomic E-state index is 12.2. The Morgan fingerprint density at radius 2 is 2.24 bits per heavy atom. The highest BCUT2D eigenvalue weighted by Crippen LogP contribution is 2.28. The van der Waals surface area contributed by atoms with Gasteiger partial charge in [-0.05, 0) is 18.6 Å². The zero-order valence-corrected chi connectivity index (χ0v) is 10.2. The molecule has 2 rings (SSSR count). The molecule has 4 nitrogen and oxygen atoms in total. The van der Waals surface area contributed by atoms with Gasteiger partial charge in [0.1, 0.15) is 5.75 Å². The van der Waals surface area contributed by atoms with E-state index in [9.17, 15) is 4.79 Å². The second-order valence-corrected chi connectivity index (χ2v) is 4.13. The number of para-hydroxylation sites is 2. The van der Waals surface area contributed by atoms with Crippen LogP contribution in [0.3, 0.4) is 0 Å². The summed E-state index contributed by atoms with van der Waals surface area (Å²) in [6.07, 6.45) is 0.804. The maximum Gasteiger partial charge on any atom is 0.232 e. The highest BCUT2D eigenvalue weighted by Gasteiger charge is 2.27. The van der Waals surface area contributed by atoms with Crippen LogP contribution in [0.25, 0.3) is 0 Å². The van der Waals surface area contributed by atoms with E-state index in [1.54, 1.807) is 19.1 Å². The number of anilines is 1. The van der Waals surface area contributed by atoms with Crippen molar-refractivity contribution in [3.8, 4) is 5.75 Å². The molecule has 1 fully saturated rings. The third-order valence-corrected chi connectivity index (χ3v) is 3.06. The van der Waals surface area contributed by atoms with Gasteiger partial charge in [-0.1, -0.05) is 12.1 Å². The lowest BCUT2D eigenvalue weighted by atomic mass is 10.1. The van der Waals surface area contributed by atoms with E-state index in [4.69, 9.17) is 9.47 Å². The topological polar surface area (TPSA) is 38.8 Å². The standard InChI is InChI=1S/C13H17NO3/c1-14(13(15)10-7-8-17-9-10)11-5-3-4-6-12(11)16-2/h3-6,10H,7-9H2,1-2H3. The normalized spacial score (nSPS) is 19.1. The summed E-state index contributed by atoms with van der Waals surface area (Å²) >= 11 is 0. The van der Waals surface area contributed by atoms with Crippen molar-refractivity contribution < 1.29 is 14.3 Å². The minimum Gasteiger partial charge on any atom is -0.495 e. The average Bonchev–Trinajstić information content (AvgIpc) is 2.90. The Bertz CT molecular complexity index is 399. The lowest BCUT2D eigenvalue weighted by Gasteiger charge is -2.22. The molecule has 1 heterocycles. The van der Waals surface area contributed by atoms with Crippen LogP contribution in [0.15, 0.2) is 24.3 Å². The minimum absolute atomic E-state index is 0.0232. The molecule has 92 valence electrons. The molecular formula is C13H17NO3. The molecule has 17 heavy (non-hydrogen) atoms. The number of carbonyl (C=O) groups excluding carboxylic acids is 1. The number of rotatable bonds is 3. The van der Waals surface area contributed by atoms with Crippen LogP contribution < -0.4 is 9.64 Å². The van der Waals surface area contributed by atoms with Crippen LogP contribution in [0.2, 0.25) is 0 Å². The van der Waals surface area contributed by atoms with Crippen LogP contribution in [0.5, 0.6) is 5.75 Å². The van der Waals surface area contributed by atoms with Crippen molar-refractivity contribution in [3.05, 3.63) is 24.3 Å². The van der Waals surface area contributed by atoms with E-state index in [0.717, 1.165) is 12.1 Å². The zero-order valence-electron chi connectivity index (χ0n) is 10.2. The maximum absolute atomic E-state index is 12.2. The Labute approximate surface area is 101 Å². The molecule has 0 aliphatic carbocycles. The number of hydrogen-bond donors (Lipinski definition) is 0. The van der Waals surface area contributed by atoms with Gasteiger partial charge in [-0.25, -0.2) is 0 Å². The van der Waals surface area contributed by atoms with Gasteiger partial charge in [-0.3, -0.25) is 4.79 Å². The van der Waals surface area contributed by atoms with E-state index in [1.165, 1.54) is 0 Å². The van der Waals surface area contributed by atoms with Crippen molar-refractivity contribution in [1.82, 2.24) is 0 Å². The van der Waals surface area contributed by atoms with Gasteiger partial charge >= 0.3 is 0 Å². The van der Waals surface area contributed by atoms with Gasteiger partial charge in [0.25, 0.3) is 0 Å². The van der Waals surface area contributed by atoms with E-state index in [0.29, 0.717) is 19.0 Å². The van der Waals surface area contributed by atoms with E-state index >= 15 is 0 Å². The fourth-order valence-corrected chi connectivity index (χ4v) is 2.03. The van der Waals surface area contributed by atoms with E-state index in [2.05, 4.69) is 0 Å². The Balaban J connectivity index is 2.17. The minimum atomic E-state index is -0.0232. The molecule has 4 heteroatoms. The highest BCUT2D eigenvalue weighted by molar-refractivity contribution is 5.96. The second-order valence-electron chi connectivity index (χ2n) is 4.13. The summed E-state index contributed by atoms with van der Waals surface area (Å²) in [6, 6.07) is 7.52. The van der Waals surface area contributed by atoms with Gasteiger partial charge in [0.15, 0.2) is 0 Å². The molecule has 0 N–H and O–H groups in total. The first-order chi connectivity index (χ1) is 8.24. The van der Waals surface area contributed by atoms with Crippen molar-refractivity contribution >= 4 is 11.6 Å². The molecular weight excluding hydrogens is 218 g/mol. The van der Waals surface area contributed by atoms with Crippen molar-refractivity contribution in [2.45, 2.75) is 6.42 Å². The Kier molecular flexibility index (Phi) is 3.64. The molecule has 0 bridgehead atoms. The number of nitrogens with zero attached hydrogens (tertiary/aromatic N) is 1. The van der Waals surface area contributed by atoms with E-state index in [-0.39, 0.29) is 11.8 Å². The number of hydrogen-bond acceptors (Lipinski definition) is 3. The first-order valence-corrected chi connectivity index (χ1v) is 5.72. The van der Waals surface area contributed by atoms with Crippen LogP contribution in [0, 0.1) is 5.92 Å². The van der Waals surface area contributed by atoms with E-state index < -0.39 is 0 Å². The third kappa shape index (κ3) is 2.42. The van der Waals surface area contributed by atoms with Crippen molar-refractivity contribution in [3.63, 3.8) is 0 Å². The van der Waals surface area contributed by atoms with Gasteiger partial charge < -0.3 is 14.4 Å². The largest absolute Gasteiger partial charge is 0.495 e. The van der Waals surface area contributed by atoms with Gasteiger partial charge in [0.2, 0.25) is 5.91 Å². The number of carbonyl (C=O) groups is 1. The predicted molar refractivity (Wildman–Crippen MR) is 65.3 cm³/mol. The Morgan fingerprint density at radius 3 is 2.88 bits per heavy atom. The fourth-order valence-electron chi connectivity index (χ4n) is 2.03. The summed E-state index contributed by atoms with van der Waals surface area (Å²) in [6.45, 7) is 1.20. The Morgan fingerprint density at radius 1 is 1.47 bits per heavy atom. The van der Waals surface area contributed by atoms with E-state index in [1.807, 2.05) is 24.3 Å². The van der Waals surface area contributed by atoms with Gasteiger partial charge in [-0.15, -0.1) is 0 Å². The molecule has 1 unspecified atom stereocenters.